The van der Waals surface area contributed by atoms with Crippen LogP contribution in [0.4, 0.5) is 5.95 Å². The van der Waals surface area contributed by atoms with E-state index >= 15 is 0 Å². The van der Waals surface area contributed by atoms with Crippen LogP contribution in [0.25, 0.3) is 11.2 Å². The fourth-order valence-corrected chi connectivity index (χ4v) is 1.75. The number of anilines is 1. The molecule has 0 aliphatic carbocycles. The molecule has 0 radical (unpaired) electrons. The van der Waals surface area contributed by atoms with Gasteiger partial charge in [-0.2, -0.15) is 4.98 Å². The molecule has 3 aromatic heterocycles. The number of pyridine rings is 1. The zero-order valence-corrected chi connectivity index (χ0v) is 9.34. The van der Waals surface area contributed by atoms with Gasteiger partial charge in [-0.05, 0) is 17.7 Å². The van der Waals surface area contributed by atoms with Gasteiger partial charge in [0.1, 0.15) is 5.82 Å². The van der Waals surface area contributed by atoms with E-state index in [0.717, 1.165) is 5.56 Å². The summed E-state index contributed by atoms with van der Waals surface area (Å²) in [5.41, 5.74) is 6.87. The molecule has 7 heteroatoms. The minimum absolute atomic E-state index is 0.0643. The SMILES string of the molecule is Nc1nc2nc(Cc3ccncc3)[nH]c2c(=O)[nH]1. The Morgan fingerprint density at radius 2 is 1.94 bits per heavy atom. The molecule has 0 aliphatic heterocycles. The van der Waals surface area contributed by atoms with Crippen molar-refractivity contribution in [3.63, 3.8) is 0 Å². The summed E-state index contributed by atoms with van der Waals surface area (Å²) in [4.78, 5) is 29.1. The second-order valence-electron chi connectivity index (χ2n) is 3.87. The third-order valence-electron chi connectivity index (χ3n) is 2.55. The predicted octanol–water partition coefficient (Wildman–Crippen LogP) is 0.214. The number of nitrogens with two attached hydrogens (primary N) is 1. The summed E-state index contributed by atoms with van der Waals surface area (Å²) in [6.45, 7) is 0. The molecule has 3 heterocycles. The van der Waals surface area contributed by atoms with Crippen molar-refractivity contribution in [3.8, 4) is 0 Å². The molecule has 0 atom stereocenters. The fraction of sp³-hybridized carbons (Fsp3) is 0.0909. The van der Waals surface area contributed by atoms with Crippen LogP contribution < -0.4 is 11.3 Å². The second-order valence-corrected chi connectivity index (χ2v) is 3.87. The average Bonchev–Trinajstić information content (AvgIpc) is 2.73. The Hall–Kier alpha value is -2.70. The second kappa shape index (κ2) is 3.95. The highest BCUT2D eigenvalue weighted by atomic mass is 16.1. The van der Waals surface area contributed by atoms with Crippen molar-refractivity contribution in [3.05, 3.63) is 46.3 Å². The van der Waals surface area contributed by atoms with Gasteiger partial charge in [-0.3, -0.25) is 14.8 Å². The fourth-order valence-electron chi connectivity index (χ4n) is 1.75. The molecule has 3 rings (SSSR count). The molecule has 90 valence electrons. The molecular weight excluding hydrogens is 232 g/mol. The van der Waals surface area contributed by atoms with Crippen molar-refractivity contribution in [1.29, 1.82) is 0 Å². The lowest BCUT2D eigenvalue weighted by Crippen LogP contribution is -2.10. The van der Waals surface area contributed by atoms with Crippen molar-refractivity contribution in [2.24, 2.45) is 0 Å². The Kier molecular flexibility index (Phi) is 2.30. The van der Waals surface area contributed by atoms with Gasteiger partial charge in [0.05, 0.1) is 0 Å². The summed E-state index contributed by atoms with van der Waals surface area (Å²) in [6, 6.07) is 3.78. The van der Waals surface area contributed by atoms with Gasteiger partial charge in [-0.1, -0.05) is 0 Å². The number of nitrogens with zero attached hydrogens (tertiary/aromatic N) is 3. The number of aromatic amines is 2. The van der Waals surface area contributed by atoms with Crippen LogP contribution in [0.2, 0.25) is 0 Å². The Morgan fingerprint density at radius 3 is 2.72 bits per heavy atom. The van der Waals surface area contributed by atoms with Crippen molar-refractivity contribution in [1.82, 2.24) is 24.9 Å². The molecule has 0 bridgehead atoms. The van der Waals surface area contributed by atoms with E-state index in [9.17, 15) is 4.79 Å². The number of aromatic nitrogens is 5. The Balaban J connectivity index is 2.04. The van der Waals surface area contributed by atoms with Crippen LogP contribution in [-0.2, 0) is 6.42 Å². The Labute approximate surface area is 101 Å². The summed E-state index contributed by atoms with van der Waals surface area (Å²) in [6.07, 6.45) is 4.00. The van der Waals surface area contributed by atoms with Gasteiger partial charge in [0.15, 0.2) is 11.2 Å². The zero-order valence-electron chi connectivity index (χ0n) is 9.34. The molecule has 0 unspecified atom stereocenters. The van der Waals surface area contributed by atoms with E-state index in [1.54, 1.807) is 12.4 Å². The summed E-state index contributed by atoms with van der Waals surface area (Å²) in [7, 11) is 0. The molecule has 3 aromatic rings. The third kappa shape index (κ3) is 1.81. The molecule has 4 N–H and O–H groups in total. The lowest BCUT2D eigenvalue weighted by Gasteiger charge is -1.95. The number of imidazole rings is 1. The molecule has 0 saturated carbocycles. The van der Waals surface area contributed by atoms with Gasteiger partial charge in [-0.25, -0.2) is 4.98 Å². The van der Waals surface area contributed by atoms with Crippen molar-refractivity contribution in [2.75, 3.05) is 5.73 Å². The molecule has 0 aromatic carbocycles. The summed E-state index contributed by atoms with van der Waals surface area (Å²) >= 11 is 0. The molecule has 18 heavy (non-hydrogen) atoms. The van der Waals surface area contributed by atoms with Gasteiger partial charge >= 0.3 is 0 Å². The first-order valence-corrected chi connectivity index (χ1v) is 5.35. The molecule has 0 fully saturated rings. The van der Waals surface area contributed by atoms with E-state index in [0.29, 0.717) is 23.4 Å². The van der Waals surface area contributed by atoms with Crippen LogP contribution in [0.3, 0.4) is 0 Å². The van der Waals surface area contributed by atoms with Gasteiger partial charge in [0, 0.05) is 18.8 Å². The molecule has 0 amide bonds. The van der Waals surface area contributed by atoms with Gasteiger partial charge < -0.3 is 10.7 Å². The van der Waals surface area contributed by atoms with Crippen molar-refractivity contribution in [2.45, 2.75) is 6.42 Å². The smallest absolute Gasteiger partial charge is 0.278 e. The van der Waals surface area contributed by atoms with E-state index in [4.69, 9.17) is 5.73 Å². The quantitative estimate of drug-likeness (QED) is 0.594. The first-order chi connectivity index (χ1) is 8.72. The van der Waals surface area contributed by atoms with E-state index in [2.05, 4.69) is 24.9 Å². The van der Waals surface area contributed by atoms with E-state index in [1.165, 1.54) is 0 Å². The Morgan fingerprint density at radius 1 is 1.17 bits per heavy atom. The maximum atomic E-state index is 11.6. The summed E-state index contributed by atoms with van der Waals surface area (Å²) < 4.78 is 0. The molecule has 0 spiro atoms. The topological polar surface area (TPSA) is 113 Å². The van der Waals surface area contributed by atoms with E-state index in [-0.39, 0.29) is 11.5 Å². The number of hydrogen-bond acceptors (Lipinski definition) is 5. The van der Waals surface area contributed by atoms with Crippen molar-refractivity contribution >= 4 is 17.1 Å². The van der Waals surface area contributed by atoms with Gasteiger partial charge in [-0.15, -0.1) is 0 Å². The number of fused-ring (bicyclic) bond motifs is 1. The van der Waals surface area contributed by atoms with Crippen LogP contribution in [-0.4, -0.2) is 24.9 Å². The number of rotatable bonds is 2. The normalized spacial score (nSPS) is 10.9. The van der Waals surface area contributed by atoms with E-state index in [1.807, 2.05) is 12.1 Å². The number of H-pyrrole nitrogens is 2. The Bertz CT molecular complexity index is 745. The minimum atomic E-state index is -0.314. The molecule has 0 aliphatic rings. The minimum Gasteiger partial charge on any atom is -0.369 e. The highest BCUT2D eigenvalue weighted by Crippen LogP contribution is 2.09. The lowest BCUT2D eigenvalue weighted by atomic mass is 10.2. The third-order valence-corrected chi connectivity index (χ3v) is 2.55. The summed E-state index contributed by atoms with van der Waals surface area (Å²) in [5, 5.41) is 0. The highest BCUT2D eigenvalue weighted by molar-refractivity contribution is 5.70. The molecular formula is C11H10N6O. The monoisotopic (exact) mass is 242 g/mol. The molecule has 7 nitrogen and oxygen atoms in total. The first-order valence-electron chi connectivity index (χ1n) is 5.35. The zero-order chi connectivity index (χ0) is 12.5. The van der Waals surface area contributed by atoms with Crippen LogP contribution in [0, 0.1) is 0 Å². The maximum absolute atomic E-state index is 11.6. The number of nitrogens with one attached hydrogen (secondary N) is 2. The van der Waals surface area contributed by atoms with E-state index < -0.39 is 0 Å². The number of nitrogen functional groups attached to an aromatic ring is 1. The van der Waals surface area contributed by atoms with Crippen LogP contribution in [0.1, 0.15) is 11.4 Å². The lowest BCUT2D eigenvalue weighted by molar-refractivity contribution is 1.03. The first kappa shape index (κ1) is 10.5. The average molecular weight is 242 g/mol. The molecule has 0 saturated heterocycles. The van der Waals surface area contributed by atoms with Gasteiger partial charge in [0.2, 0.25) is 5.95 Å². The van der Waals surface area contributed by atoms with Crippen LogP contribution in [0.15, 0.2) is 29.3 Å². The predicted molar refractivity (Wildman–Crippen MR) is 66.0 cm³/mol. The highest BCUT2D eigenvalue weighted by Gasteiger charge is 2.08. The van der Waals surface area contributed by atoms with Crippen LogP contribution in [0.5, 0.6) is 0 Å². The standard InChI is InChI=1S/C11H10N6O/c12-11-16-9-8(10(18)17-11)14-7(15-9)5-6-1-3-13-4-2-6/h1-4H,5H2,(H4,12,14,15,16,17,18). The summed E-state index contributed by atoms with van der Waals surface area (Å²) in [5.74, 6) is 0.731. The largest absolute Gasteiger partial charge is 0.369 e. The van der Waals surface area contributed by atoms with Crippen molar-refractivity contribution < 1.29 is 0 Å². The number of hydrogen-bond donors (Lipinski definition) is 3. The maximum Gasteiger partial charge on any atom is 0.278 e. The van der Waals surface area contributed by atoms with Crippen LogP contribution >= 0.6 is 0 Å². The van der Waals surface area contributed by atoms with Gasteiger partial charge in [0.25, 0.3) is 5.56 Å².